The number of aromatic nitrogens is 1. The van der Waals surface area contributed by atoms with Crippen LogP contribution in [0, 0.1) is 0 Å². The van der Waals surface area contributed by atoms with Gasteiger partial charge in [0.05, 0.1) is 12.2 Å². The lowest BCUT2D eigenvalue weighted by atomic mass is 10.2. The topological polar surface area (TPSA) is 69.6 Å². The normalized spacial score (nSPS) is 12.2. The van der Waals surface area contributed by atoms with Gasteiger partial charge in [0.25, 0.3) is 0 Å². The summed E-state index contributed by atoms with van der Waals surface area (Å²) in [7, 11) is 3.06. The molecule has 0 spiro atoms. The fourth-order valence-corrected chi connectivity index (χ4v) is 3.98. The van der Waals surface area contributed by atoms with Crippen molar-refractivity contribution in [1.82, 2.24) is 15.6 Å². The fourth-order valence-electron chi connectivity index (χ4n) is 2.19. The Morgan fingerprint density at radius 3 is 2.63 bits per heavy atom. The van der Waals surface area contributed by atoms with Gasteiger partial charge in [-0.15, -0.1) is 35.3 Å². The van der Waals surface area contributed by atoms with E-state index >= 15 is 0 Å². The lowest BCUT2D eigenvalue weighted by Gasteiger charge is -2.11. The van der Waals surface area contributed by atoms with Crippen molar-refractivity contribution in [3.63, 3.8) is 0 Å². The maximum absolute atomic E-state index is 12.2. The summed E-state index contributed by atoms with van der Waals surface area (Å²) in [6.45, 7) is 3.94. The minimum absolute atomic E-state index is 0. The molecule has 6 nitrogen and oxygen atoms in total. The van der Waals surface area contributed by atoms with Crippen LogP contribution in [0.4, 0.5) is 5.13 Å². The summed E-state index contributed by atoms with van der Waals surface area (Å²) in [5.74, 6) is 1.90. The minimum Gasteiger partial charge on any atom is -0.357 e. The molecule has 27 heavy (non-hydrogen) atoms. The van der Waals surface area contributed by atoms with E-state index in [1.807, 2.05) is 61.6 Å². The molecule has 0 radical (unpaired) electrons. The van der Waals surface area contributed by atoms with Gasteiger partial charge in [0.2, 0.25) is 0 Å². The zero-order valence-corrected chi connectivity index (χ0v) is 19.9. The van der Waals surface area contributed by atoms with E-state index in [9.17, 15) is 4.21 Å². The van der Waals surface area contributed by atoms with Crippen molar-refractivity contribution in [3.05, 3.63) is 47.0 Å². The fraction of sp³-hybridized carbons (Fsp3) is 0.444. The van der Waals surface area contributed by atoms with Gasteiger partial charge in [0.15, 0.2) is 11.1 Å². The highest BCUT2D eigenvalue weighted by atomic mass is 127. The number of hydrogen-bond donors (Lipinski definition) is 2. The van der Waals surface area contributed by atoms with Gasteiger partial charge in [-0.25, -0.2) is 9.98 Å². The first-order valence-corrected chi connectivity index (χ1v) is 11.0. The molecule has 9 heteroatoms. The maximum atomic E-state index is 12.2. The van der Waals surface area contributed by atoms with Gasteiger partial charge in [0, 0.05) is 54.9 Å². The number of anilines is 1. The van der Waals surface area contributed by atoms with E-state index in [-0.39, 0.29) is 24.0 Å². The summed E-state index contributed by atoms with van der Waals surface area (Å²) in [5.41, 5.74) is 2.05. The third-order valence-corrected chi connectivity index (χ3v) is 5.83. The van der Waals surface area contributed by atoms with Gasteiger partial charge < -0.3 is 15.5 Å². The monoisotopic (exact) mass is 521 g/mol. The third kappa shape index (κ3) is 9.02. The molecule has 0 aliphatic heterocycles. The third-order valence-electron chi connectivity index (χ3n) is 3.46. The molecule has 1 aromatic carbocycles. The number of guanidine groups is 1. The highest BCUT2D eigenvalue weighted by molar-refractivity contribution is 14.0. The molecule has 2 N–H and O–H groups in total. The lowest BCUT2D eigenvalue weighted by molar-refractivity contribution is 0.680. The van der Waals surface area contributed by atoms with E-state index in [1.165, 1.54) is 0 Å². The summed E-state index contributed by atoms with van der Waals surface area (Å²) in [4.78, 5) is 11.1. The zero-order chi connectivity index (χ0) is 18.8. The molecule has 0 saturated carbocycles. The second kappa shape index (κ2) is 13.1. The van der Waals surface area contributed by atoms with Crippen LogP contribution in [0.2, 0.25) is 0 Å². The molecular weight excluding hydrogens is 493 g/mol. The molecule has 0 fully saturated rings. The molecule has 0 aliphatic rings. The number of nitrogens with one attached hydrogen (secondary N) is 2. The van der Waals surface area contributed by atoms with Gasteiger partial charge in [0.1, 0.15) is 0 Å². The summed E-state index contributed by atoms with van der Waals surface area (Å²) in [5, 5.41) is 9.46. The number of benzene rings is 1. The molecule has 0 aliphatic carbocycles. The summed E-state index contributed by atoms with van der Waals surface area (Å²) in [6, 6.07) is 9.93. The van der Waals surface area contributed by atoms with Crippen LogP contribution in [0.5, 0.6) is 0 Å². The van der Waals surface area contributed by atoms with Crippen molar-refractivity contribution in [1.29, 1.82) is 0 Å². The van der Waals surface area contributed by atoms with E-state index in [2.05, 4.69) is 20.6 Å². The number of aliphatic imine (C=N–C) groups is 1. The van der Waals surface area contributed by atoms with Crippen molar-refractivity contribution in [2.45, 2.75) is 19.2 Å². The number of halogens is 1. The second-order valence-corrected chi connectivity index (χ2v) is 8.32. The van der Waals surface area contributed by atoms with E-state index in [0.717, 1.165) is 28.9 Å². The molecule has 2 aromatic rings. The lowest BCUT2D eigenvalue weighted by Crippen LogP contribution is -2.39. The Hall–Kier alpha value is -1.20. The van der Waals surface area contributed by atoms with Crippen molar-refractivity contribution in [3.8, 4) is 0 Å². The Bertz CT molecular complexity index is 722. The molecule has 1 aromatic heterocycles. The van der Waals surface area contributed by atoms with Crippen LogP contribution in [0.1, 0.15) is 18.2 Å². The Balaban J connectivity index is 0.00000364. The maximum Gasteiger partial charge on any atom is 0.191 e. The van der Waals surface area contributed by atoms with Gasteiger partial charge in [-0.3, -0.25) is 4.21 Å². The van der Waals surface area contributed by atoms with Crippen LogP contribution < -0.4 is 15.5 Å². The average molecular weight is 521 g/mol. The molecule has 2 rings (SSSR count). The minimum atomic E-state index is -0.895. The molecule has 1 heterocycles. The van der Waals surface area contributed by atoms with Gasteiger partial charge in [-0.05, 0) is 12.5 Å². The van der Waals surface area contributed by atoms with Crippen molar-refractivity contribution in [2.75, 3.05) is 37.8 Å². The smallest absolute Gasteiger partial charge is 0.191 e. The molecule has 0 bridgehead atoms. The van der Waals surface area contributed by atoms with E-state index in [0.29, 0.717) is 24.6 Å². The highest BCUT2D eigenvalue weighted by Gasteiger charge is 2.05. The van der Waals surface area contributed by atoms with Crippen molar-refractivity contribution in [2.24, 2.45) is 4.99 Å². The van der Waals surface area contributed by atoms with Crippen molar-refractivity contribution < 1.29 is 4.21 Å². The van der Waals surface area contributed by atoms with Gasteiger partial charge in [-0.2, -0.15) is 0 Å². The number of rotatable bonds is 9. The molecule has 0 saturated heterocycles. The van der Waals surface area contributed by atoms with Crippen LogP contribution in [-0.4, -0.2) is 48.1 Å². The Morgan fingerprint density at radius 2 is 2.00 bits per heavy atom. The largest absolute Gasteiger partial charge is 0.357 e. The van der Waals surface area contributed by atoms with E-state index in [4.69, 9.17) is 0 Å². The van der Waals surface area contributed by atoms with Crippen molar-refractivity contribution >= 4 is 57.2 Å². The van der Waals surface area contributed by atoms with E-state index < -0.39 is 10.8 Å². The van der Waals surface area contributed by atoms with Crippen LogP contribution in [0.25, 0.3) is 0 Å². The Kier molecular flexibility index (Phi) is 11.5. The highest BCUT2D eigenvalue weighted by Crippen LogP contribution is 2.18. The van der Waals surface area contributed by atoms with Crippen LogP contribution >= 0.6 is 35.3 Å². The van der Waals surface area contributed by atoms with Crippen LogP contribution in [0.15, 0.2) is 40.7 Å². The predicted molar refractivity (Wildman–Crippen MR) is 128 cm³/mol. The first-order valence-electron chi connectivity index (χ1n) is 8.61. The summed E-state index contributed by atoms with van der Waals surface area (Å²) >= 11 is 1.61. The van der Waals surface area contributed by atoms with Gasteiger partial charge in [-0.1, -0.05) is 30.3 Å². The Morgan fingerprint density at radius 1 is 1.26 bits per heavy atom. The summed E-state index contributed by atoms with van der Waals surface area (Å²) < 4.78 is 12.2. The molecular formula is C18H28IN5OS2. The number of hydrogen-bond acceptors (Lipinski definition) is 5. The molecule has 0 amide bonds. The first-order chi connectivity index (χ1) is 12.6. The molecule has 1 unspecified atom stereocenters. The Labute approximate surface area is 185 Å². The SMILES string of the molecule is CCNC(=NCc1csc(N(C)C)n1)NCCS(=O)Cc1ccccc1.I. The quantitative estimate of drug-likeness (QED) is 0.302. The standard InChI is InChI=1S/C18H27N5OS2.HI/c1-4-19-17(21-12-16-13-25-18(22-16)23(2)3)20-10-11-26(24)14-15-8-6-5-7-9-15;/h5-9,13H,4,10-12,14H2,1-3H3,(H2,19,20,21);1H. The molecule has 1 atom stereocenters. The predicted octanol–water partition coefficient (Wildman–Crippen LogP) is 2.83. The second-order valence-electron chi connectivity index (χ2n) is 5.91. The first kappa shape index (κ1) is 23.8. The van der Waals surface area contributed by atoms with Gasteiger partial charge >= 0.3 is 0 Å². The summed E-state index contributed by atoms with van der Waals surface area (Å²) in [6.07, 6.45) is 0. The van der Waals surface area contributed by atoms with Crippen LogP contribution in [0.3, 0.4) is 0 Å². The number of nitrogens with zero attached hydrogens (tertiary/aromatic N) is 3. The van der Waals surface area contributed by atoms with E-state index in [1.54, 1.807) is 11.3 Å². The molecule has 150 valence electrons. The number of thiazole rings is 1. The zero-order valence-electron chi connectivity index (χ0n) is 16.0. The average Bonchev–Trinajstić information content (AvgIpc) is 3.10. The van der Waals surface area contributed by atoms with Crippen LogP contribution in [-0.2, 0) is 23.1 Å².